The molecule has 32 heavy (non-hydrogen) atoms. The Bertz CT molecular complexity index is 366. The van der Waals surface area contributed by atoms with Gasteiger partial charge < -0.3 is 0 Å². The van der Waals surface area contributed by atoms with Crippen molar-refractivity contribution < 1.29 is 0 Å². The van der Waals surface area contributed by atoms with Crippen LogP contribution in [0.5, 0.6) is 0 Å². The SMILES string of the molecule is CCCC[P+](C/C=C/C=C/C[P+](CCCC)(CCCC)CCCC)(CCCC)CCCC. The van der Waals surface area contributed by atoms with E-state index in [-0.39, 0.29) is 0 Å². The smallest absolute Gasteiger partial charge is 0.0652 e. The topological polar surface area (TPSA) is 0 Å². The largest absolute Gasteiger partial charge is 0.0776 e. The lowest BCUT2D eigenvalue weighted by molar-refractivity contribution is 0.835. The number of hydrogen-bond donors (Lipinski definition) is 0. The van der Waals surface area contributed by atoms with Crippen molar-refractivity contribution in [3.8, 4) is 0 Å². The first kappa shape index (κ1) is 32.3. The van der Waals surface area contributed by atoms with Gasteiger partial charge in [0.2, 0.25) is 0 Å². The van der Waals surface area contributed by atoms with E-state index in [1.807, 2.05) is 0 Å². The minimum Gasteiger partial charge on any atom is -0.0652 e. The van der Waals surface area contributed by atoms with Crippen LogP contribution in [0, 0.1) is 0 Å². The molecule has 0 aromatic carbocycles. The van der Waals surface area contributed by atoms with Crippen LogP contribution in [0.3, 0.4) is 0 Å². The van der Waals surface area contributed by atoms with Crippen LogP contribution in [0.15, 0.2) is 24.3 Å². The van der Waals surface area contributed by atoms with Crippen LogP contribution in [0.4, 0.5) is 0 Å². The molecule has 0 rings (SSSR count). The van der Waals surface area contributed by atoms with Crippen molar-refractivity contribution in [1.82, 2.24) is 0 Å². The summed E-state index contributed by atoms with van der Waals surface area (Å²) in [5.74, 6) is 0. The molecule has 190 valence electrons. The fourth-order valence-electron chi connectivity index (χ4n) is 4.91. The fraction of sp³-hybridized carbons (Fsp3) is 0.867. The van der Waals surface area contributed by atoms with Crippen LogP contribution in [-0.4, -0.2) is 49.3 Å². The summed E-state index contributed by atoms with van der Waals surface area (Å²) in [5, 5.41) is 0. The predicted octanol–water partition coefficient (Wildman–Crippen LogP) is 10.9. The zero-order chi connectivity index (χ0) is 24.0. The molecule has 0 unspecified atom stereocenters. The van der Waals surface area contributed by atoms with E-state index < -0.39 is 14.5 Å². The molecule has 0 nitrogen and oxygen atoms in total. The maximum absolute atomic E-state index is 2.58. The molecule has 0 atom stereocenters. The van der Waals surface area contributed by atoms with E-state index in [2.05, 4.69) is 65.8 Å². The molecule has 0 aliphatic rings. The van der Waals surface area contributed by atoms with Crippen molar-refractivity contribution in [2.75, 3.05) is 49.3 Å². The van der Waals surface area contributed by atoms with Gasteiger partial charge in [0.05, 0.1) is 49.3 Å². The number of rotatable bonds is 23. The first-order valence-corrected chi connectivity index (χ1v) is 19.6. The van der Waals surface area contributed by atoms with Crippen molar-refractivity contribution >= 4 is 14.5 Å². The third-order valence-electron chi connectivity index (χ3n) is 7.28. The first-order valence-electron chi connectivity index (χ1n) is 14.6. The van der Waals surface area contributed by atoms with Crippen LogP contribution < -0.4 is 0 Å². The van der Waals surface area contributed by atoms with E-state index in [4.69, 9.17) is 0 Å². The Hall–Kier alpha value is 0.340. The quantitative estimate of drug-likeness (QED) is 0.0999. The molecule has 0 radical (unpaired) electrons. The van der Waals surface area contributed by atoms with Crippen molar-refractivity contribution in [1.29, 1.82) is 0 Å². The maximum atomic E-state index is 2.58. The molecule has 0 spiro atoms. The highest BCUT2D eigenvalue weighted by Gasteiger charge is 2.35. The molecule has 0 aromatic rings. The zero-order valence-corrected chi connectivity index (χ0v) is 25.1. The molecular formula is C30H62P2+2. The highest BCUT2D eigenvalue weighted by molar-refractivity contribution is 7.76. The van der Waals surface area contributed by atoms with E-state index in [0.717, 1.165) is 0 Å². The Morgan fingerprint density at radius 1 is 0.375 bits per heavy atom. The number of unbranched alkanes of at least 4 members (excludes halogenated alkanes) is 6. The highest BCUT2D eigenvalue weighted by Crippen LogP contribution is 2.61. The van der Waals surface area contributed by atoms with Crippen LogP contribution in [0.25, 0.3) is 0 Å². The second kappa shape index (κ2) is 21.8. The van der Waals surface area contributed by atoms with Gasteiger partial charge in [-0.25, -0.2) is 0 Å². The first-order chi connectivity index (χ1) is 15.6. The van der Waals surface area contributed by atoms with Crippen molar-refractivity contribution in [2.45, 2.75) is 119 Å². The second-order valence-corrected chi connectivity index (χ2v) is 19.1. The molecule has 0 aliphatic heterocycles. The third-order valence-corrected chi connectivity index (χ3v) is 16.8. The standard InChI is InChI=1S/C30H62P2/c1-7-13-23-31(24-14-8-2,25-15-9-3)29-21-19-20-22-30-32(26-16-10-4,27-17-11-5)28-18-12-6/h19-22H,7-18,23-30H2,1-6H3/q+2/b21-19+,22-20+. The summed E-state index contributed by atoms with van der Waals surface area (Å²) in [4.78, 5) is 0. The second-order valence-electron chi connectivity index (χ2n) is 10.4. The van der Waals surface area contributed by atoms with E-state index in [1.54, 1.807) is 0 Å². The maximum Gasteiger partial charge on any atom is 0.0776 e. The molecule has 0 aromatic heterocycles. The van der Waals surface area contributed by atoms with Gasteiger partial charge in [-0.05, 0) is 50.7 Å². The Morgan fingerprint density at radius 3 is 0.781 bits per heavy atom. The van der Waals surface area contributed by atoms with E-state index in [9.17, 15) is 0 Å². The average Bonchev–Trinajstić information content (AvgIpc) is 2.82. The van der Waals surface area contributed by atoms with Gasteiger partial charge in [0.15, 0.2) is 0 Å². The van der Waals surface area contributed by atoms with Gasteiger partial charge in [0.1, 0.15) is 0 Å². The summed E-state index contributed by atoms with van der Waals surface area (Å²) in [6, 6.07) is 0. The van der Waals surface area contributed by atoms with Gasteiger partial charge in [-0.1, -0.05) is 92.2 Å². The highest BCUT2D eigenvalue weighted by atomic mass is 31.2. The van der Waals surface area contributed by atoms with Gasteiger partial charge in [0.25, 0.3) is 0 Å². The summed E-state index contributed by atoms with van der Waals surface area (Å²) >= 11 is 0. The summed E-state index contributed by atoms with van der Waals surface area (Å²) in [6.45, 7) is 14.2. The summed E-state index contributed by atoms with van der Waals surface area (Å²) in [5.41, 5.74) is 0. The summed E-state index contributed by atoms with van der Waals surface area (Å²) in [7, 11) is -1.57. The summed E-state index contributed by atoms with van der Waals surface area (Å²) < 4.78 is 0. The average molecular weight is 485 g/mol. The Balaban J connectivity index is 5.14. The molecule has 0 bridgehead atoms. The minimum atomic E-state index is -0.785. The molecule has 0 heterocycles. The van der Waals surface area contributed by atoms with Crippen LogP contribution in [0.1, 0.15) is 119 Å². The van der Waals surface area contributed by atoms with Crippen molar-refractivity contribution in [2.24, 2.45) is 0 Å². The lowest BCUT2D eigenvalue weighted by Gasteiger charge is -2.27. The van der Waals surface area contributed by atoms with Gasteiger partial charge in [-0.2, -0.15) is 0 Å². The molecule has 0 aliphatic carbocycles. The fourth-order valence-corrected chi connectivity index (χ4v) is 14.4. The monoisotopic (exact) mass is 484 g/mol. The lowest BCUT2D eigenvalue weighted by atomic mass is 10.4. The molecule has 0 saturated carbocycles. The molecule has 2 heteroatoms. The summed E-state index contributed by atoms with van der Waals surface area (Å²) in [6.07, 6.45) is 38.9. The Labute approximate surface area is 206 Å². The normalized spacial score (nSPS) is 13.1. The molecule has 0 saturated heterocycles. The van der Waals surface area contributed by atoms with E-state index in [1.165, 1.54) is 126 Å². The van der Waals surface area contributed by atoms with Crippen molar-refractivity contribution in [3.05, 3.63) is 24.3 Å². The molecular weight excluding hydrogens is 422 g/mol. The van der Waals surface area contributed by atoms with Crippen LogP contribution >= 0.6 is 14.5 Å². The zero-order valence-electron chi connectivity index (χ0n) is 23.3. The third kappa shape index (κ3) is 15.3. The molecule has 0 N–H and O–H groups in total. The minimum absolute atomic E-state index is 0.785. The predicted molar refractivity (Wildman–Crippen MR) is 161 cm³/mol. The van der Waals surface area contributed by atoms with E-state index >= 15 is 0 Å². The van der Waals surface area contributed by atoms with Crippen LogP contribution in [0.2, 0.25) is 0 Å². The van der Waals surface area contributed by atoms with Gasteiger partial charge >= 0.3 is 0 Å². The molecule has 0 amide bonds. The van der Waals surface area contributed by atoms with Gasteiger partial charge in [-0.15, -0.1) is 0 Å². The van der Waals surface area contributed by atoms with Crippen LogP contribution in [-0.2, 0) is 0 Å². The lowest BCUT2D eigenvalue weighted by Crippen LogP contribution is -2.12. The Morgan fingerprint density at radius 2 is 0.594 bits per heavy atom. The van der Waals surface area contributed by atoms with E-state index in [0.29, 0.717) is 0 Å². The Kier molecular flexibility index (Phi) is 22.1. The van der Waals surface area contributed by atoms with Crippen molar-refractivity contribution in [3.63, 3.8) is 0 Å². The van der Waals surface area contributed by atoms with Gasteiger partial charge in [0, 0.05) is 14.5 Å². The molecule has 0 fully saturated rings. The number of hydrogen-bond acceptors (Lipinski definition) is 0. The number of allylic oxidation sites excluding steroid dienone is 4. The van der Waals surface area contributed by atoms with Gasteiger partial charge in [-0.3, -0.25) is 0 Å².